The molecular weight excluding hydrogens is 238 g/mol. The van der Waals surface area contributed by atoms with Crippen LogP contribution in [-0.2, 0) is 4.79 Å². The van der Waals surface area contributed by atoms with Gasteiger partial charge in [0.25, 0.3) is 0 Å². The molecule has 0 radical (unpaired) electrons. The van der Waals surface area contributed by atoms with Crippen molar-refractivity contribution in [2.45, 2.75) is 20.8 Å². The van der Waals surface area contributed by atoms with Crippen molar-refractivity contribution >= 4 is 11.6 Å². The van der Waals surface area contributed by atoms with E-state index < -0.39 is 0 Å². The molecule has 4 nitrogen and oxygen atoms in total. The lowest BCUT2D eigenvalue weighted by Crippen LogP contribution is -2.35. The van der Waals surface area contributed by atoms with Gasteiger partial charge in [-0.05, 0) is 37.7 Å². The Morgan fingerprint density at radius 2 is 2.00 bits per heavy atom. The van der Waals surface area contributed by atoms with Gasteiger partial charge in [-0.25, -0.2) is 0 Å². The van der Waals surface area contributed by atoms with Crippen molar-refractivity contribution in [3.05, 3.63) is 29.8 Å². The van der Waals surface area contributed by atoms with Gasteiger partial charge in [0.15, 0.2) is 0 Å². The van der Waals surface area contributed by atoms with Crippen LogP contribution in [0.15, 0.2) is 24.3 Å². The van der Waals surface area contributed by atoms with Crippen LogP contribution in [0.5, 0.6) is 0 Å². The minimum atomic E-state index is 0.00477. The molecule has 0 fully saturated rings. The molecule has 0 unspecified atom stereocenters. The molecule has 0 spiro atoms. The highest BCUT2D eigenvalue weighted by molar-refractivity contribution is 5.92. The van der Waals surface area contributed by atoms with E-state index in [0.717, 1.165) is 37.4 Å². The van der Waals surface area contributed by atoms with E-state index in [9.17, 15) is 4.79 Å². The Morgan fingerprint density at radius 3 is 2.63 bits per heavy atom. The lowest BCUT2D eigenvalue weighted by Gasteiger charge is -2.17. The zero-order chi connectivity index (χ0) is 14.1. The topological polar surface area (TPSA) is 44.4 Å². The highest BCUT2D eigenvalue weighted by Gasteiger charge is 2.03. The molecule has 0 saturated heterocycles. The Kier molecular flexibility index (Phi) is 7.15. The van der Waals surface area contributed by atoms with Crippen LogP contribution in [0.3, 0.4) is 0 Å². The first-order valence-electron chi connectivity index (χ1n) is 6.95. The molecule has 4 heteroatoms. The third-order valence-electron chi connectivity index (χ3n) is 3.09. The molecule has 1 rings (SSSR count). The number of nitrogens with zero attached hydrogens (tertiary/aromatic N) is 1. The van der Waals surface area contributed by atoms with Crippen LogP contribution in [0.1, 0.15) is 19.4 Å². The van der Waals surface area contributed by atoms with Crippen LogP contribution >= 0.6 is 0 Å². The number of aryl methyl sites for hydroxylation is 1. The minimum Gasteiger partial charge on any atom is -0.325 e. The maximum Gasteiger partial charge on any atom is 0.238 e. The maximum atomic E-state index is 11.7. The largest absolute Gasteiger partial charge is 0.325 e. The normalized spacial score (nSPS) is 10.7. The Labute approximate surface area is 116 Å². The Bertz CT molecular complexity index is 389. The number of carbonyl (C=O) groups excluding carboxylic acids is 1. The van der Waals surface area contributed by atoms with Crippen molar-refractivity contribution in [3.63, 3.8) is 0 Å². The Balaban J connectivity index is 2.21. The van der Waals surface area contributed by atoms with Crippen molar-refractivity contribution in [3.8, 4) is 0 Å². The molecule has 19 heavy (non-hydrogen) atoms. The summed E-state index contributed by atoms with van der Waals surface area (Å²) in [6, 6.07) is 7.82. The number of rotatable bonds is 8. The summed E-state index contributed by atoms with van der Waals surface area (Å²) in [5.41, 5.74) is 2.00. The predicted molar refractivity (Wildman–Crippen MR) is 80.5 cm³/mol. The molecule has 0 bridgehead atoms. The van der Waals surface area contributed by atoms with Gasteiger partial charge in [0, 0.05) is 18.8 Å². The van der Waals surface area contributed by atoms with E-state index in [0.29, 0.717) is 6.54 Å². The molecule has 0 heterocycles. The van der Waals surface area contributed by atoms with Gasteiger partial charge in [-0.15, -0.1) is 0 Å². The van der Waals surface area contributed by atoms with Gasteiger partial charge < -0.3 is 15.5 Å². The first kappa shape index (κ1) is 15.7. The van der Waals surface area contributed by atoms with Gasteiger partial charge >= 0.3 is 0 Å². The van der Waals surface area contributed by atoms with Crippen molar-refractivity contribution < 1.29 is 4.79 Å². The second-order valence-corrected chi connectivity index (χ2v) is 4.62. The zero-order valence-electron chi connectivity index (χ0n) is 12.2. The van der Waals surface area contributed by atoms with E-state index >= 15 is 0 Å². The number of carbonyl (C=O) groups is 1. The second kappa shape index (κ2) is 8.67. The number of hydrogen-bond donors (Lipinski definition) is 2. The smallest absolute Gasteiger partial charge is 0.238 e. The molecule has 1 aromatic rings. The fourth-order valence-electron chi connectivity index (χ4n) is 1.91. The van der Waals surface area contributed by atoms with Crippen LogP contribution in [0.25, 0.3) is 0 Å². The maximum absolute atomic E-state index is 11.7. The van der Waals surface area contributed by atoms with Crippen LogP contribution in [0, 0.1) is 6.92 Å². The quantitative estimate of drug-likeness (QED) is 0.704. The van der Waals surface area contributed by atoms with Crippen LogP contribution in [0.4, 0.5) is 5.69 Å². The Morgan fingerprint density at radius 1 is 1.26 bits per heavy atom. The molecule has 0 aromatic heterocycles. The number of hydrogen-bond acceptors (Lipinski definition) is 3. The summed E-state index contributed by atoms with van der Waals surface area (Å²) in [5.74, 6) is 0.00477. The number of nitrogens with one attached hydrogen (secondary N) is 2. The van der Waals surface area contributed by atoms with Gasteiger partial charge in [-0.1, -0.05) is 26.0 Å². The summed E-state index contributed by atoms with van der Waals surface area (Å²) < 4.78 is 0. The zero-order valence-corrected chi connectivity index (χ0v) is 12.2. The van der Waals surface area contributed by atoms with Crippen LogP contribution in [0.2, 0.25) is 0 Å². The highest BCUT2D eigenvalue weighted by atomic mass is 16.1. The molecule has 0 atom stereocenters. The third-order valence-corrected chi connectivity index (χ3v) is 3.09. The fourth-order valence-corrected chi connectivity index (χ4v) is 1.91. The lowest BCUT2D eigenvalue weighted by atomic mass is 10.2. The lowest BCUT2D eigenvalue weighted by molar-refractivity contribution is -0.115. The van der Waals surface area contributed by atoms with Crippen molar-refractivity contribution in [1.29, 1.82) is 0 Å². The van der Waals surface area contributed by atoms with Gasteiger partial charge in [0.2, 0.25) is 5.91 Å². The van der Waals surface area contributed by atoms with Crippen molar-refractivity contribution in [2.75, 3.05) is 38.0 Å². The molecule has 0 saturated carbocycles. The first-order valence-corrected chi connectivity index (χ1v) is 6.95. The van der Waals surface area contributed by atoms with E-state index in [1.54, 1.807) is 0 Å². The Hall–Kier alpha value is -1.39. The molecule has 2 N–H and O–H groups in total. The summed E-state index contributed by atoms with van der Waals surface area (Å²) in [5, 5.41) is 6.05. The monoisotopic (exact) mass is 263 g/mol. The fraction of sp³-hybridized carbons (Fsp3) is 0.533. The van der Waals surface area contributed by atoms with Crippen LogP contribution < -0.4 is 10.6 Å². The van der Waals surface area contributed by atoms with E-state index in [-0.39, 0.29) is 5.91 Å². The number of likely N-dealkylation sites (N-methyl/N-ethyl adjacent to an activating group) is 1. The van der Waals surface area contributed by atoms with E-state index in [4.69, 9.17) is 0 Å². The summed E-state index contributed by atoms with van der Waals surface area (Å²) >= 11 is 0. The third kappa shape index (κ3) is 6.36. The molecule has 106 valence electrons. The standard InChI is InChI=1S/C15H25N3O/c1-4-18(5-2)10-9-16-12-15(19)17-14-8-6-7-13(3)11-14/h6-8,11,16H,4-5,9-10,12H2,1-3H3,(H,17,19). The van der Waals surface area contributed by atoms with Gasteiger partial charge in [0.1, 0.15) is 0 Å². The first-order chi connectivity index (χ1) is 9.15. The molecule has 1 aromatic carbocycles. The summed E-state index contributed by atoms with van der Waals surface area (Å²) in [6.07, 6.45) is 0. The average molecular weight is 263 g/mol. The second-order valence-electron chi connectivity index (χ2n) is 4.62. The molecular formula is C15H25N3O. The van der Waals surface area contributed by atoms with Gasteiger partial charge in [-0.2, -0.15) is 0 Å². The molecule has 0 aliphatic carbocycles. The molecule has 0 aliphatic rings. The van der Waals surface area contributed by atoms with Gasteiger partial charge in [0.05, 0.1) is 6.54 Å². The average Bonchev–Trinajstić information content (AvgIpc) is 2.39. The number of anilines is 1. The summed E-state index contributed by atoms with van der Waals surface area (Å²) in [7, 11) is 0. The van der Waals surface area contributed by atoms with E-state index in [2.05, 4.69) is 29.4 Å². The number of benzene rings is 1. The molecule has 1 amide bonds. The van der Waals surface area contributed by atoms with Crippen LogP contribution in [-0.4, -0.2) is 43.5 Å². The minimum absolute atomic E-state index is 0.00477. The summed E-state index contributed by atoms with van der Waals surface area (Å²) in [6.45, 7) is 10.6. The van der Waals surface area contributed by atoms with E-state index in [1.807, 2.05) is 31.2 Å². The van der Waals surface area contributed by atoms with E-state index in [1.165, 1.54) is 0 Å². The predicted octanol–water partition coefficient (Wildman–Crippen LogP) is 1.86. The molecule has 0 aliphatic heterocycles. The summed E-state index contributed by atoms with van der Waals surface area (Å²) in [4.78, 5) is 14.0. The van der Waals surface area contributed by atoms with Crippen molar-refractivity contribution in [1.82, 2.24) is 10.2 Å². The highest BCUT2D eigenvalue weighted by Crippen LogP contribution is 2.08. The SMILES string of the molecule is CCN(CC)CCNCC(=O)Nc1cccc(C)c1. The van der Waals surface area contributed by atoms with Crippen molar-refractivity contribution in [2.24, 2.45) is 0 Å². The van der Waals surface area contributed by atoms with Gasteiger partial charge in [-0.3, -0.25) is 4.79 Å². The number of amides is 1.